The molecule has 2 heteroatoms. The molecule has 3 rings (SSSR count). The highest BCUT2D eigenvalue weighted by Gasteiger charge is 2.19. The molecule has 3 aromatic carbocycles. The average Bonchev–Trinajstić information content (AvgIpc) is 2.69. The molecule has 0 aromatic heterocycles. The Labute approximate surface area is 162 Å². The van der Waals surface area contributed by atoms with E-state index in [4.69, 9.17) is 9.47 Å². The van der Waals surface area contributed by atoms with E-state index in [1.165, 1.54) is 27.8 Å². The van der Waals surface area contributed by atoms with E-state index in [0.717, 1.165) is 35.5 Å². The Morgan fingerprint density at radius 3 is 2.15 bits per heavy atom. The maximum absolute atomic E-state index is 5.93. The number of hydrogen-bond donors (Lipinski definition) is 0. The second-order valence-electron chi connectivity index (χ2n) is 6.92. The fourth-order valence-electron chi connectivity index (χ4n) is 3.76. The lowest BCUT2D eigenvalue weighted by Gasteiger charge is -2.21. The van der Waals surface area contributed by atoms with Gasteiger partial charge in [0.25, 0.3) is 0 Å². The molecule has 0 heterocycles. The van der Waals surface area contributed by atoms with E-state index < -0.39 is 0 Å². The zero-order chi connectivity index (χ0) is 19.4. The van der Waals surface area contributed by atoms with Crippen LogP contribution in [0, 0.1) is 13.8 Å². The lowest BCUT2D eigenvalue weighted by atomic mass is 9.87. The third-order valence-electron chi connectivity index (χ3n) is 5.13. The molecule has 0 aliphatic rings. The van der Waals surface area contributed by atoms with Gasteiger partial charge in [-0.15, -0.1) is 0 Å². The van der Waals surface area contributed by atoms with Gasteiger partial charge in [0, 0.05) is 5.56 Å². The Bertz CT molecular complexity index is 927. The highest BCUT2D eigenvalue weighted by atomic mass is 16.5. The number of rotatable bonds is 6. The fraction of sp³-hybridized carbons (Fsp3) is 0.280. The molecule has 0 unspecified atom stereocenters. The van der Waals surface area contributed by atoms with E-state index in [9.17, 15) is 0 Å². The van der Waals surface area contributed by atoms with Crippen molar-refractivity contribution in [3.63, 3.8) is 0 Å². The van der Waals surface area contributed by atoms with Gasteiger partial charge in [0.15, 0.2) is 0 Å². The predicted molar refractivity (Wildman–Crippen MR) is 114 cm³/mol. The van der Waals surface area contributed by atoms with Gasteiger partial charge in [0.05, 0.1) is 14.2 Å². The summed E-state index contributed by atoms with van der Waals surface area (Å²) in [5.41, 5.74) is 8.42. The van der Waals surface area contributed by atoms with Gasteiger partial charge in [-0.2, -0.15) is 0 Å². The Morgan fingerprint density at radius 2 is 1.56 bits per heavy atom. The minimum Gasteiger partial charge on any atom is -0.496 e. The van der Waals surface area contributed by atoms with Crippen molar-refractivity contribution >= 4 is 0 Å². The second-order valence-corrected chi connectivity index (χ2v) is 6.92. The quantitative estimate of drug-likeness (QED) is 0.492. The highest BCUT2D eigenvalue weighted by Crippen LogP contribution is 2.43. The average molecular weight is 360 g/mol. The van der Waals surface area contributed by atoms with Gasteiger partial charge in [-0.05, 0) is 71.8 Å². The van der Waals surface area contributed by atoms with Crippen LogP contribution in [0.1, 0.15) is 30.0 Å². The van der Waals surface area contributed by atoms with Crippen molar-refractivity contribution < 1.29 is 9.47 Å². The van der Waals surface area contributed by atoms with Crippen LogP contribution in [0.25, 0.3) is 22.3 Å². The topological polar surface area (TPSA) is 18.5 Å². The van der Waals surface area contributed by atoms with Crippen LogP contribution in [0.3, 0.4) is 0 Å². The van der Waals surface area contributed by atoms with E-state index in [1.807, 2.05) is 12.1 Å². The van der Waals surface area contributed by atoms with Crippen LogP contribution in [0.15, 0.2) is 54.6 Å². The molecule has 27 heavy (non-hydrogen) atoms. The standard InChI is InChI=1S/C25H28O2/c1-6-10-20-16-22(21-13-14-23(26-4)17(2)15-21)24(25(27-5)18(20)3)19-11-8-7-9-12-19/h7-9,11-16H,6,10H2,1-5H3. The van der Waals surface area contributed by atoms with Gasteiger partial charge < -0.3 is 9.47 Å². The number of methoxy groups -OCH3 is 2. The Kier molecular flexibility index (Phi) is 5.85. The van der Waals surface area contributed by atoms with Crippen molar-refractivity contribution in [2.24, 2.45) is 0 Å². The molecule has 0 aliphatic heterocycles. The fourth-order valence-corrected chi connectivity index (χ4v) is 3.76. The predicted octanol–water partition coefficient (Wildman–Crippen LogP) is 6.61. The van der Waals surface area contributed by atoms with Gasteiger partial charge in [0.1, 0.15) is 11.5 Å². The van der Waals surface area contributed by atoms with E-state index in [1.54, 1.807) is 14.2 Å². The molecule has 2 nitrogen and oxygen atoms in total. The van der Waals surface area contributed by atoms with Gasteiger partial charge in [0.2, 0.25) is 0 Å². The zero-order valence-corrected chi connectivity index (χ0v) is 16.9. The van der Waals surface area contributed by atoms with Gasteiger partial charge >= 0.3 is 0 Å². The van der Waals surface area contributed by atoms with Crippen LogP contribution in [0.5, 0.6) is 11.5 Å². The summed E-state index contributed by atoms with van der Waals surface area (Å²) in [4.78, 5) is 0. The molecular weight excluding hydrogens is 332 g/mol. The molecular formula is C25H28O2. The summed E-state index contributed by atoms with van der Waals surface area (Å²) in [6.07, 6.45) is 2.15. The molecule has 0 bridgehead atoms. The molecule has 0 saturated heterocycles. The third-order valence-corrected chi connectivity index (χ3v) is 5.13. The van der Waals surface area contributed by atoms with Gasteiger partial charge in [-0.25, -0.2) is 0 Å². The van der Waals surface area contributed by atoms with Crippen LogP contribution >= 0.6 is 0 Å². The van der Waals surface area contributed by atoms with Gasteiger partial charge in [-0.1, -0.05) is 49.7 Å². The first-order valence-electron chi connectivity index (χ1n) is 9.51. The summed E-state index contributed by atoms with van der Waals surface area (Å²) < 4.78 is 11.4. The monoisotopic (exact) mass is 360 g/mol. The molecule has 0 N–H and O–H groups in total. The van der Waals surface area contributed by atoms with Crippen LogP contribution in [0.4, 0.5) is 0 Å². The molecule has 0 saturated carbocycles. The largest absolute Gasteiger partial charge is 0.496 e. The Balaban J connectivity index is 2.33. The number of aryl methyl sites for hydroxylation is 2. The normalized spacial score (nSPS) is 10.7. The minimum atomic E-state index is 0.910. The molecule has 0 aliphatic carbocycles. The van der Waals surface area contributed by atoms with Crippen molar-refractivity contribution in [2.45, 2.75) is 33.6 Å². The van der Waals surface area contributed by atoms with Crippen LogP contribution in [-0.4, -0.2) is 14.2 Å². The number of hydrogen-bond acceptors (Lipinski definition) is 2. The second kappa shape index (κ2) is 8.30. The first-order chi connectivity index (χ1) is 13.1. The molecule has 0 radical (unpaired) electrons. The Hall–Kier alpha value is -2.74. The van der Waals surface area contributed by atoms with Crippen LogP contribution in [0.2, 0.25) is 0 Å². The summed E-state index contributed by atoms with van der Waals surface area (Å²) in [7, 11) is 3.49. The summed E-state index contributed by atoms with van der Waals surface area (Å²) in [5, 5.41) is 0. The highest BCUT2D eigenvalue weighted by molar-refractivity contribution is 5.89. The first kappa shape index (κ1) is 19.0. The van der Waals surface area contributed by atoms with E-state index in [-0.39, 0.29) is 0 Å². The van der Waals surface area contributed by atoms with Gasteiger partial charge in [-0.3, -0.25) is 0 Å². The molecule has 0 atom stereocenters. The minimum absolute atomic E-state index is 0.910. The third kappa shape index (κ3) is 3.71. The zero-order valence-electron chi connectivity index (χ0n) is 16.9. The van der Waals surface area contributed by atoms with Crippen LogP contribution < -0.4 is 9.47 Å². The maximum atomic E-state index is 5.93. The summed E-state index contributed by atoms with van der Waals surface area (Å²) in [6, 6.07) is 19.2. The summed E-state index contributed by atoms with van der Waals surface area (Å²) in [5.74, 6) is 1.88. The molecule has 140 valence electrons. The molecule has 0 amide bonds. The van der Waals surface area contributed by atoms with E-state index in [2.05, 4.69) is 63.2 Å². The summed E-state index contributed by atoms with van der Waals surface area (Å²) in [6.45, 7) is 6.47. The van der Waals surface area contributed by atoms with E-state index in [0.29, 0.717) is 0 Å². The smallest absolute Gasteiger partial charge is 0.130 e. The van der Waals surface area contributed by atoms with E-state index >= 15 is 0 Å². The Morgan fingerprint density at radius 1 is 0.815 bits per heavy atom. The lowest BCUT2D eigenvalue weighted by molar-refractivity contribution is 0.411. The van der Waals surface area contributed by atoms with Crippen molar-refractivity contribution in [1.82, 2.24) is 0 Å². The summed E-state index contributed by atoms with van der Waals surface area (Å²) >= 11 is 0. The molecule has 0 fully saturated rings. The molecule has 3 aromatic rings. The van der Waals surface area contributed by atoms with Crippen molar-refractivity contribution in [3.05, 3.63) is 71.3 Å². The van der Waals surface area contributed by atoms with Crippen LogP contribution in [-0.2, 0) is 6.42 Å². The maximum Gasteiger partial charge on any atom is 0.130 e. The van der Waals surface area contributed by atoms with Crippen molar-refractivity contribution in [2.75, 3.05) is 14.2 Å². The number of ether oxygens (including phenoxy) is 2. The SMILES string of the molecule is CCCc1cc(-c2ccc(OC)c(C)c2)c(-c2ccccc2)c(OC)c1C. The molecule has 0 spiro atoms. The van der Waals surface area contributed by atoms with Crippen molar-refractivity contribution in [1.29, 1.82) is 0 Å². The number of benzene rings is 3. The van der Waals surface area contributed by atoms with Crippen molar-refractivity contribution in [3.8, 4) is 33.8 Å². The lowest BCUT2D eigenvalue weighted by Crippen LogP contribution is -2.00. The first-order valence-corrected chi connectivity index (χ1v) is 9.51.